The second-order valence-corrected chi connectivity index (χ2v) is 6.11. The van der Waals surface area contributed by atoms with E-state index in [-0.39, 0.29) is 17.9 Å². The molecule has 1 atom stereocenters. The molecule has 1 aromatic carbocycles. The summed E-state index contributed by atoms with van der Waals surface area (Å²) in [6.45, 7) is 3.08. The molecule has 3 heterocycles. The zero-order valence-corrected chi connectivity index (χ0v) is 13.7. The van der Waals surface area contributed by atoms with Crippen LogP contribution in [0, 0.1) is 12.8 Å². The van der Waals surface area contributed by atoms with E-state index in [1.807, 2.05) is 0 Å². The number of nitrogens with one attached hydrogen (secondary N) is 2. The van der Waals surface area contributed by atoms with E-state index < -0.39 is 0 Å². The number of fused-ring (bicyclic) bond motifs is 1. The largest absolute Gasteiger partial charge is 0.381 e. The highest BCUT2D eigenvalue weighted by Gasteiger charge is 2.31. The highest BCUT2D eigenvalue weighted by molar-refractivity contribution is 5.97. The summed E-state index contributed by atoms with van der Waals surface area (Å²) in [4.78, 5) is 17.1. The SMILES string of the molecule is Cc1noc([C@H](NC(=O)c2ccc3n[nH]nc3c2)C2CCOCC2)n1. The molecule has 0 radical (unpaired) electrons. The third-order valence-corrected chi connectivity index (χ3v) is 4.41. The molecule has 2 aromatic heterocycles. The number of aromatic amines is 1. The maximum Gasteiger partial charge on any atom is 0.252 e. The quantitative estimate of drug-likeness (QED) is 0.738. The van der Waals surface area contributed by atoms with Crippen molar-refractivity contribution in [2.75, 3.05) is 13.2 Å². The first-order chi connectivity index (χ1) is 12.2. The van der Waals surface area contributed by atoms with E-state index >= 15 is 0 Å². The summed E-state index contributed by atoms with van der Waals surface area (Å²) in [6.07, 6.45) is 1.66. The predicted molar refractivity (Wildman–Crippen MR) is 86.7 cm³/mol. The summed E-state index contributed by atoms with van der Waals surface area (Å²) in [5.74, 6) is 0.955. The molecule has 0 bridgehead atoms. The smallest absolute Gasteiger partial charge is 0.252 e. The predicted octanol–water partition coefficient (Wildman–Crippen LogP) is 1.55. The van der Waals surface area contributed by atoms with Crippen LogP contribution in [-0.4, -0.2) is 44.7 Å². The van der Waals surface area contributed by atoms with Crippen LogP contribution >= 0.6 is 0 Å². The van der Waals surface area contributed by atoms with Gasteiger partial charge in [-0.1, -0.05) is 5.16 Å². The zero-order valence-electron chi connectivity index (χ0n) is 13.7. The van der Waals surface area contributed by atoms with Crippen molar-refractivity contribution < 1.29 is 14.1 Å². The first-order valence-electron chi connectivity index (χ1n) is 8.20. The van der Waals surface area contributed by atoms with Crippen molar-refractivity contribution in [3.8, 4) is 0 Å². The van der Waals surface area contributed by atoms with Gasteiger partial charge in [-0.05, 0) is 43.9 Å². The average Bonchev–Trinajstić information content (AvgIpc) is 3.28. The Morgan fingerprint density at radius 3 is 2.84 bits per heavy atom. The number of hydrogen-bond acceptors (Lipinski definition) is 7. The molecular weight excluding hydrogens is 324 g/mol. The molecule has 3 aromatic rings. The summed E-state index contributed by atoms with van der Waals surface area (Å²) in [5, 5.41) is 17.4. The highest BCUT2D eigenvalue weighted by atomic mass is 16.5. The molecule has 1 saturated heterocycles. The van der Waals surface area contributed by atoms with Crippen LogP contribution in [0.5, 0.6) is 0 Å². The Kier molecular flexibility index (Phi) is 4.14. The van der Waals surface area contributed by atoms with E-state index in [2.05, 4.69) is 30.9 Å². The maximum absolute atomic E-state index is 12.8. The van der Waals surface area contributed by atoms with Crippen LogP contribution in [0.2, 0.25) is 0 Å². The molecule has 1 fully saturated rings. The van der Waals surface area contributed by atoms with E-state index in [4.69, 9.17) is 9.26 Å². The van der Waals surface area contributed by atoms with Crippen LogP contribution in [0.3, 0.4) is 0 Å². The standard InChI is InChI=1S/C16H18N6O3/c1-9-17-16(25-21-9)14(10-4-6-24-7-5-10)18-15(23)11-2-3-12-13(8-11)20-22-19-12/h2-3,8,10,14H,4-7H2,1H3,(H,18,23)(H,19,20,22)/t14-/m1/s1. The van der Waals surface area contributed by atoms with Gasteiger partial charge in [0.15, 0.2) is 5.82 Å². The van der Waals surface area contributed by atoms with Gasteiger partial charge in [-0.25, -0.2) is 0 Å². The molecule has 0 unspecified atom stereocenters. The molecule has 25 heavy (non-hydrogen) atoms. The number of ether oxygens (including phenoxy) is 1. The lowest BCUT2D eigenvalue weighted by molar-refractivity contribution is 0.0468. The average molecular weight is 342 g/mol. The van der Waals surface area contributed by atoms with Gasteiger partial charge >= 0.3 is 0 Å². The van der Waals surface area contributed by atoms with Crippen LogP contribution in [0.4, 0.5) is 0 Å². The number of aromatic nitrogens is 5. The molecule has 4 rings (SSSR count). The van der Waals surface area contributed by atoms with Crippen molar-refractivity contribution in [3.05, 3.63) is 35.5 Å². The van der Waals surface area contributed by atoms with E-state index in [1.165, 1.54) is 0 Å². The van der Waals surface area contributed by atoms with Crippen LogP contribution < -0.4 is 5.32 Å². The number of rotatable bonds is 4. The monoisotopic (exact) mass is 342 g/mol. The lowest BCUT2D eigenvalue weighted by atomic mass is 9.91. The second kappa shape index (κ2) is 6.60. The van der Waals surface area contributed by atoms with Gasteiger partial charge in [-0.3, -0.25) is 4.79 Å². The Bertz CT molecular complexity index is 883. The van der Waals surface area contributed by atoms with Gasteiger partial charge in [0, 0.05) is 18.8 Å². The minimum atomic E-state index is -0.342. The number of carbonyl (C=O) groups excluding carboxylic acids is 1. The molecule has 0 saturated carbocycles. The highest BCUT2D eigenvalue weighted by Crippen LogP contribution is 2.29. The van der Waals surface area contributed by atoms with Crippen molar-refractivity contribution in [1.29, 1.82) is 0 Å². The number of H-pyrrole nitrogens is 1. The lowest BCUT2D eigenvalue weighted by Crippen LogP contribution is -2.36. The first kappa shape index (κ1) is 15.7. The Morgan fingerprint density at radius 1 is 1.28 bits per heavy atom. The Hall–Kier alpha value is -2.81. The van der Waals surface area contributed by atoms with Crippen LogP contribution in [0.25, 0.3) is 11.0 Å². The normalized spacial score (nSPS) is 16.8. The van der Waals surface area contributed by atoms with Gasteiger partial charge in [0.25, 0.3) is 5.91 Å². The molecule has 2 N–H and O–H groups in total. The fourth-order valence-electron chi connectivity index (χ4n) is 3.08. The van der Waals surface area contributed by atoms with Gasteiger partial charge in [0.2, 0.25) is 5.89 Å². The summed E-state index contributed by atoms with van der Waals surface area (Å²) in [7, 11) is 0. The summed E-state index contributed by atoms with van der Waals surface area (Å²) >= 11 is 0. The fraction of sp³-hybridized carbons (Fsp3) is 0.438. The fourth-order valence-corrected chi connectivity index (χ4v) is 3.08. The third kappa shape index (κ3) is 3.22. The number of hydrogen-bond donors (Lipinski definition) is 2. The van der Waals surface area contributed by atoms with Gasteiger partial charge in [0.1, 0.15) is 17.1 Å². The molecular formula is C16H18N6O3. The lowest BCUT2D eigenvalue weighted by Gasteiger charge is -2.28. The summed E-state index contributed by atoms with van der Waals surface area (Å²) in [5.41, 5.74) is 1.86. The Labute approximate surface area is 143 Å². The van der Waals surface area contributed by atoms with E-state index in [9.17, 15) is 4.79 Å². The molecule has 9 nitrogen and oxygen atoms in total. The number of carbonyl (C=O) groups is 1. The second-order valence-electron chi connectivity index (χ2n) is 6.11. The Morgan fingerprint density at radius 2 is 2.08 bits per heavy atom. The van der Waals surface area contributed by atoms with Crippen molar-refractivity contribution >= 4 is 16.9 Å². The van der Waals surface area contributed by atoms with Crippen molar-refractivity contribution in [2.45, 2.75) is 25.8 Å². The summed E-state index contributed by atoms with van der Waals surface area (Å²) in [6, 6.07) is 4.84. The van der Waals surface area contributed by atoms with Gasteiger partial charge in [-0.15, -0.1) is 0 Å². The van der Waals surface area contributed by atoms with Crippen LogP contribution in [-0.2, 0) is 4.74 Å². The Balaban J connectivity index is 1.59. The zero-order chi connectivity index (χ0) is 17.2. The first-order valence-corrected chi connectivity index (χ1v) is 8.20. The van der Waals surface area contributed by atoms with Gasteiger partial charge < -0.3 is 14.6 Å². The number of benzene rings is 1. The molecule has 9 heteroatoms. The number of nitrogens with zero attached hydrogens (tertiary/aromatic N) is 4. The molecule has 1 aliphatic rings. The molecule has 1 aliphatic heterocycles. The van der Waals surface area contributed by atoms with Gasteiger partial charge in [0.05, 0.1) is 0 Å². The van der Waals surface area contributed by atoms with E-state index in [0.717, 1.165) is 12.8 Å². The minimum Gasteiger partial charge on any atom is -0.381 e. The van der Waals surface area contributed by atoms with Crippen molar-refractivity contribution in [1.82, 2.24) is 30.9 Å². The van der Waals surface area contributed by atoms with E-state index in [1.54, 1.807) is 25.1 Å². The molecule has 0 spiro atoms. The molecule has 130 valence electrons. The van der Waals surface area contributed by atoms with Crippen molar-refractivity contribution in [2.24, 2.45) is 5.92 Å². The maximum atomic E-state index is 12.8. The summed E-state index contributed by atoms with van der Waals surface area (Å²) < 4.78 is 10.8. The topological polar surface area (TPSA) is 119 Å². The number of amides is 1. The van der Waals surface area contributed by atoms with E-state index in [0.29, 0.717) is 41.5 Å². The third-order valence-electron chi connectivity index (χ3n) is 4.41. The minimum absolute atomic E-state index is 0.188. The van der Waals surface area contributed by atoms with Crippen molar-refractivity contribution in [3.63, 3.8) is 0 Å². The number of aryl methyl sites for hydroxylation is 1. The molecule has 0 aliphatic carbocycles. The van der Waals surface area contributed by atoms with Crippen LogP contribution in [0.15, 0.2) is 22.7 Å². The van der Waals surface area contributed by atoms with Gasteiger partial charge in [-0.2, -0.15) is 20.4 Å². The molecule has 1 amide bonds. The van der Waals surface area contributed by atoms with Crippen LogP contribution in [0.1, 0.15) is 41.0 Å².